The second-order valence-corrected chi connectivity index (χ2v) is 9.00. The number of hydrogen-bond acceptors (Lipinski definition) is 2. The highest BCUT2D eigenvalue weighted by molar-refractivity contribution is 5.69. The SMILES string of the molecule is CC/C=C/C/C=C/C/C=C/CCCCCCCCOC(=O)CCCCCCCCCCC. The Bertz CT molecular complexity index is 461. The molecule has 0 saturated carbocycles. The molecule has 0 aromatic rings. The Hall–Kier alpha value is -1.31. The van der Waals surface area contributed by atoms with E-state index in [9.17, 15) is 4.79 Å². The van der Waals surface area contributed by atoms with Gasteiger partial charge in [0.1, 0.15) is 0 Å². The van der Waals surface area contributed by atoms with E-state index in [1.54, 1.807) is 0 Å². The number of esters is 1. The molecule has 0 fully saturated rings. The van der Waals surface area contributed by atoms with Crippen molar-refractivity contribution in [1.29, 1.82) is 0 Å². The lowest BCUT2D eigenvalue weighted by molar-refractivity contribution is -0.143. The fourth-order valence-corrected chi connectivity index (χ4v) is 3.74. The van der Waals surface area contributed by atoms with Crippen molar-refractivity contribution in [3.8, 4) is 0 Å². The van der Waals surface area contributed by atoms with E-state index in [0.29, 0.717) is 13.0 Å². The van der Waals surface area contributed by atoms with Crippen molar-refractivity contribution >= 4 is 5.97 Å². The number of ether oxygens (including phenoxy) is 1. The van der Waals surface area contributed by atoms with Crippen molar-refractivity contribution in [1.82, 2.24) is 0 Å². The summed E-state index contributed by atoms with van der Waals surface area (Å²) in [5.74, 6) is 0.00648. The largest absolute Gasteiger partial charge is 0.466 e. The maximum atomic E-state index is 11.8. The van der Waals surface area contributed by atoms with Crippen LogP contribution in [-0.4, -0.2) is 12.6 Å². The van der Waals surface area contributed by atoms with Gasteiger partial charge < -0.3 is 4.74 Å². The van der Waals surface area contributed by atoms with E-state index >= 15 is 0 Å². The molecule has 2 heteroatoms. The fraction of sp³-hybridized carbons (Fsp3) is 0.767. The lowest BCUT2D eigenvalue weighted by Crippen LogP contribution is -2.05. The van der Waals surface area contributed by atoms with Crippen molar-refractivity contribution in [2.75, 3.05) is 6.61 Å². The monoisotopic (exact) mass is 446 g/mol. The van der Waals surface area contributed by atoms with Crippen LogP contribution in [0.2, 0.25) is 0 Å². The minimum Gasteiger partial charge on any atom is -0.466 e. The van der Waals surface area contributed by atoms with Crippen LogP contribution in [0, 0.1) is 0 Å². The minimum atomic E-state index is 0.00648. The van der Waals surface area contributed by atoms with E-state index in [1.807, 2.05) is 0 Å². The summed E-state index contributed by atoms with van der Waals surface area (Å²) < 4.78 is 5.38. The highest BCUT2D eigenvalue weighted by Crippen LogP contribution is 2.11. The molecule has 0 aromatic heterocycles. The number of carbonyl (C=O) groups excluding carboxylic acids is 1. The molecule has 0 unspecified atom stereocenters. The van der Waals surface area contributed by atoms with Crippen LogP contribution in [0.15, 0.2) is 36.5 Å². The summed E-state index contributed by atoms with van der Waals surface area (Å²) in [7, 11) is 0. The second kappa shape index (κ2) is 27.7. The van der Waals surface area contributed by atoms with E-state index in [1.165, 1.54) is 89.9 Å². The highest BCUT2D eigenvalue weighted by Gasteiger charge is 2.02. The van der Waals surface area contributed by atoms with Gasteiger partial charge in [-0.05, 0) is 44.9 Å². The quantitative estimate of drug-likeness (QED) is 0.0837. The molecule has 32 heavy (non-hydrogen) atoms. The highest BCUT2D eigenvalue weighted by atomic mass is 16.5. The summed E-state index contributed by atoms with van der Waals surface area (Å²) in [6.07, 6.45) is 37.5. The topological polar surface area (TPSA) is 26.3 Å². The van der Waals surface area contributed by atoms with Crippen molar-refractivity contribution in [2.45, 2.75) is 142 Å². The zero-order chi connectivity index (χ0) is 23.4. The van der Waals surface area contributed by atoms with Gasteiger partial charge in [0.25, 0.3) is 0 Å². The van der Waals surface area contributed by atoms with E-state index in [4.69, 9.17) is 4.74 Å². The minimum absolute atomic E-state index is 0.00648. The molecule has 0 rings (SSSR count). The molecule has 0 N–H and O–H groups in total. The Morgan fingerprint density at radius 1 is 0.562 bits per heavy atom. The number of rotatable bonds is 24. The van der Waals surface area contributed by atoms with Gasteiger partial charge in [0.15, 0.2) is 0 Å². The molecule has 2 nitrogen and oxygen atoms in total. The summed E-state index contributed by atoms with van der Waals surface area (Å²) in [5, 5.41) is 0. The van der Waals surface area contributed by atoms with E-state index in [2.05, 4.69) is 50.3 Å². The standard InChI is InChI=1S/C30H54O2/c1-3-5-7-9-11-13-14-15-16-17-18-19-21-23-25-27-29-32-30(31)28-26-24-22-20-12-10-8-6-4-2/h5,7,11,13,15-16H,3-4,6,8-10,12,14,17-29H2,1-2H3/b7-5+,13-11+,16-15+. The molecule has 0 aliphatic heterocycles. The Morgan fingerprint density at radius 3 is 1.69 bits per heavy atom. The number of hydrogen-bond donors (Lipinski definition) is 0. The first-order valence-corrected chi connectivity index (χ1v) is 13.9. The molecule has 0 spiro atoms. The van der Waals surface area contributed by atoms with Crippen molar-refractivity contribution in [3.63, 3.8) is 0 Å². The molecule has 0 aliphatic rings. The van der Waals surface area contributed by atoms with Crippen LogP contribution in [0.5, 0.6) is 0 Å². The van der Waals surface area contributed by atoms with Crippen molar-refractivity contribution in [3.05, 3.63) is 36.5 Å². The van der Waals surface area contributed by atoms with Gasteiger partial charge >= 0.3 is 5.97 Å². The summed E-state index contributed by atoms with van der Waals surface area (Å²) in [4.78, 5) is 11.8. The van der Waals surface area contributed by atoms with Gasteiger partial charge in [0, 0.05) is 6.42 Å². The van der Waals surface area contributed by atoms with Crippen LogP contribution in [0.1, 0.15) is 142 Å². The normalized spacial score (nSPS) is 11.9. The molecule has 0 saturated heterocycles. The average molecular weight is 447 g/mol. The third kappa shape index (κ3) is 26.7. The van der Waals surface area contributed by atoms with E-state index in [-0.39, 0.29) is 5.97 Å². The Balaban J connectivity index is 3.25. The average Bonchev–Trinajstić information content (AvgIpc) is 2.80. The molecule has 186 valence electrons. The van der Waals surface area contributed by atoms with Gasteiger partial charge in [-0.2, -0.15) is 0 Å². The first kappa shape index (κ1) is 30.7. The first-order chi connectivity index (χ1) is 15.8. The molecule has 0 radical (unpaired) electrons. The number of unbranched alkanes of at least 4 members (excludes halogenated alkanes) is 14. The molecule has 0 aliphatic carbocycles. The number of carbonyl (C=O) groups is 1. The van der Waals surface area contributed by atoms with Gasteiger partial charge in [0.2, 0.25) is 0 Å². The van der Waals surface area contributed by atoms with Crippen LogP contribution in [0.4, 0.5) is 0 Å². The third-order valence-electron chi connectivity index (χ3n) is 5.79. The lowest BCUT2D eigenvalue weighted by atomic mass is 10.1. The summed E-state index contributed by atoms with van der Waals surface area (Å²) in [6, 6.07) is 0. The zero-order valence-corrected chi connectivity index (χ0v) is 21.6. The van der Waals surface area contributed by atoms with Gasteiger partial charge in [0.05, 0.1) is 6.61 Å². The third-order valence-corrected chi connectivity index (χ3v) is 5.79. The van der Waals surface area contributed by atoms with Crippen molar-refractivity contribution < 1.29 is 9.53 Å². The Kier molecular flexibility index (Phi) is 26.6. The Morgan fingerprint density at radius 2 is 1.06 bits per heavy atom. The molecule has 0 atom stereocenters. The first-order valence-electron chi connectivity index (χ1n) is 13.9. The molecular formula is C30H54O2. The van der Waals surface area contributed by atoms with Gasteiger partial charge in [-0.25, -0.2) is 0 Å². The van der Waals surface area contributed by atoms with E-state index < -0.39 is 0 Å². The predicted octanol–water partition coefficient (Wildman–Crippen LogP) is 10.0. The van der Waals surface area contributed by atoms with Gasteiger partial charge in [-0.15, -0.1) is 0 Å². The summed E-state index contributed by atoms with van der Waals surface area (Å²) in [5.41, 5.74) is 0. The van der Waals surface area contributed by atoms with Gasteiger partial charge in [-0.3, -0.25) is 4.79 Å². The maximum absolute atomic E-state index is 11.8. The zero-order valence-electron chi connectivity index (χ0n) is 21.6. The smallest absolute Gasteiger partial charge is 0.305 e. The second-order valence-electron chi connectivity index (χ2n) is 9.00. The molecule has 0 bridgehead atoms. The maximum Gasteiger partial charge on any atom is 0.305 e. The van der Waals surface area contributed by atoms with E-state index in [0.717, 1.165) is 32.1 Å². The lowest BCUT2D eigenvalue weighted by Gasteiger charge is -2.05. The van der Waals surface area contributed by atoms with Gasteiger partial charge in [-0.1, -0.05) is 127 Å². The Labute approximate surface area is 201 Å². The van der Waals surface area contributed by atoms with Crippen LogP contribution in [0.3, 0.4) is 0 Å². The van der Waals surface area contributed by atoms with Crippen LogP contribution in [0.25, 0.3) is 0 Å². The van der Waals surface area contributed by atoms with Crippen LogP contribution >= 0.6 is 0 Å². The fourth-order valence-electron chi connectivity index (χ4n) is 3.74. The molecule has 0 amide bonds. The van der Waals surface area contributed by atoms with Crippen molar-refractivity contribution in [2.24, 2.45) is 0 Å². The molecule has 0 heterocycles. The van der Waals surface area contributed by atoms with Crippen LogP contribution in [-0.2, 0) is 9.53 Å². The predicted molar refractivity (Wildman–Crippen MR) is 142 cm³/mol. The molecular weight excluding hydrogens is 392 g/mol. The molecule has 0 aromatic carbocycles. The summed E-state index contributed by atoms with van der Waals surface area (Å²) in [6.45, 7) is 5.04. The number of allylic oxidation sites excluding steroid dienone is 6. The van der Waals surface area contributed by atoms with Crippen LogP contribution < -0.4 is 0 Å². The summed E-state index contributed by atoms with van der Waals surface area (Å²) >= 11 is 0.